The highest BCUT2D eigenvalue weighted by molar-refractivity contribution is 7.89. The number of rotatable bonds is 8. The van der Waals surface area contributed by atoms with Gasteiger partial charge < -0.3 is 5.32 Å². The van der Waals surface area contributed by atoms with Gasteiger partial charge in [-0.25, -0.2) is 12.7 Å². The Morgan fingerprint density at radius 2 is 2.05 bits per heavy atom. The highest BCUT2D eigenvalue weighted by Crippen LogP contribution is 2.10. The fraction of sp³-hybridized carbons (Fsp3) is 0.769. The second-order valence-electron chi connectivity index (χ2n) is 5.43. The summed E-state index contributed by atoms with van der Waals surface area (Å²) >= 11 is 0. The van der Waals surface area contributed by atoms with E-state index in [4.69, 9.17) is 0 Å². The van der Waals surface area contributed by atoms with Crippen LogP contribution in [0.5, 0.6) is 0 Å². The highest BCUT2D eigenvalue weighted by atomic mass is 32.2. The fourth-order valence-corrected chi connectivity index (χ4v) is 2.70. The minimum absolute atomic E-state index is 0.176. The van der Waals surface area contributed by atoms with Crippen molar-refractivity contribution >= 4 is 10.0 Å². The molecule has 1 aromatic heterocycles. The van der Waals surface area contributed by atoms with Crippen molar-refractivity contribution in [2.45, 2.75) is 39.3 Å². The maximum Gasteiger partial charge on any atom is 0.213 e. The van der Waals surface area contributed by atoms with Gasteiger partial charge in [0.2, 0.25) is 10.0 Å². The summed E-state index contributed by atoms with van der Waals surface area (Å²) in [6.07, 6.45) is 4.46. The Labute approximate surface area is 122 Å². The lowest BCUT2D eigenvalue weighted by atomic mass is 10.1. The van der Waals surface area contributed by atoms with Gasteiger partial charge in [-0.3, -0.25) is 4.68 Å². The molecule has 0 aromatic carbocycles. The van der Waals surface area contributed by atoms with Crippen molar-refractivity contribution in [2.24, 2.45) is 0 Å². The van der Waals surface area contributed by atoms with Crippen LogP contribution in [0.15, 0.2) is 12.4 Å². The van der Waals surface area contributed by atoms with Crippen LogP contribution in [0.3, 0.4) is 0 Å². The average molecular weight is 302 g/mol. The van der Waals surface area contributed by atoms with E-state index in [9.17, 15) is 8.42 Å². The predicted octanol–water partition coefficient (Wildman–Crippen LogP) is 1.01. The number of nitrogens with zero attached hydrogens (tertiary/aromatic N) is 3. The van der Waals surface area contributed by atoms with Gasteiger partial charge in [0.1, 0.15) is 0 Å². The first kappa shape index (κ1) is 17.1. The third-order valence-corrected chi connectivity index (χ3v) is 5.39. The van der Waals surface area contributed by atoms with E-state index in [0.717, 1.165) is 5.56 Å². The largest absolute Gasteiger partial charge is 0.312 e. The Morgan fingerprint density at radius 1 is 1.40 bits per heavy atom. The van der Waals surface area contributed by atoms with Gasteiger partial charge in [-0.15, -0.1) is 0 Å². The molecule has 6 nitrogen and oxygen atoms in total. The molecule has 7 heteroatoms. The molecule has 0 bridgehead atoms. The van der Waals surface area contributed by atoms with Crippen LogP contribution in [0.4, 0.5) is 0 Å². The molecule has 0 fully saturated rings. The Bertz CT molecular complexity index is 510. The number of hydrogen-bond donors (Lipinski definition) is 1. The molecule has 1 rings (SSSR count). The van der Waals surface area contributed by atoms with Crippen LogP contribution >= 0.6 is 0 Å². The third kappa shape index (κ3) is 4.88. The molecule has 0 aliphatic carbocycles. The Kier molecular flexibility index (Phi) is 6.16. The van der Waals surface area contributed by atoms with Crippen molar-refractivity contribution in [1.29, 1.82) is 0 Å². The zero-order chi connectivity index (χ0) is 15.3. The molecule has 0 amide bonds. The van der Waals surface area contributed by atoms with Crippen LogP contribution in [0.2, 0.25) is 0 Å². The predicted molar refractivity (Wildman–Crippen MR) is 81.2 cm³/mol. The second-order valence-corrected chi connectivity index (χ2v) is 7.74. The number of aryl methyl sites for hydroxylation is 1. The second kappa shape index (κ2) is 7.19. The molecule has 0 spiro atoms. The van der Waals surface area contributed by atoms with Crippen LogP contribution in [0.1, 0.15) is 31.9 Å². The van der Waals surface area contributed by atoms with Crippen molar-refractivity contribution in [3.63, 3.8) is 0 Å². The molecule has 0 saturated carbocycles. The fourth-order valence-electron chi connectivity index (χ4n) is 1.82. The van der Waals surface area contributed by atoms with Crippen LogP contribution in [0.25, 0.3) is 0 Å². The summed E-state index contributed by atoms with van der Waals surface area (Å²) in [6.45, 7) is 6.88. The molecule has 1 N–H and O–H groups in total. The first-order valence-corrected chi connectivity index (χ1v) is 8.49. The molecule has 20 heavy (non-hydrogen) atoms. The topological polar surface area (TPSA) is 67.2 Å². The van der Waals surface area contributed by atoms with E-state index in [2.05, 4.69) is 24.3 Å². The molecular formula is C13H26N4O2S. The maximum absolute atomic E-state index is 11.6. The quantitative estimate of drug-likeness (QED) is 0.728. The molecule has 0 saturated heterocycles. The number of aromatic nitrogens is 2. The molecule has 0 aliphatic rings. The number of hydrogen-bond acceptors (Lipinski definition) is 4. The van der Waals surface area contributed by atoms with Crippen molar-refractivity contribution in [3.8, 4) is 0 Å². The van der Waals surface area contributed by atoms with Crippen molar-refractivity contribution in [1.82, 2.24) is 19.4 Å². The summed E-state index contributed by atoms with van der Waals surface area (Å²) in [5.74, 6) is 0.176. The van der Waals surface area contributed by atoms with Gasteiger partial charge in [0.05, 0.1) is 18.0 Å². The zero-order valence-electron chi connectivity index (χ0n) is 13.0. The summed E-state index contributed by atoms with van der Waals surface area (Å²) in [7, 11) is 0.0366. The van der Waals surface area contributed by atoms with Gasteiger partial charge in [0.25, 0.3) is 0 Å². The van der Waals surface area contributed by atoms with Crippen LogP contribution < -0.4 is 5.32 Å². The molecule has 0 unspecified atom stereocenters. The third-order valence-electron chi connectivity index (χ3n) is 3.47. The van der Waals surface area contributed by atoms with Crippen LogP contribution in [0, 0.1) is 6.92 Å². The standard InChI is InChI=1S/C13H26N4O2S/c1-11-9-15-17(10-11)13(3)12(2)14-7-6-8-20(18,19)16(4)5/h9-10,12-14H,6-8H2,1-5H3/t12-,13+/m0/s1. The number of nitrogens with one attached hydrogen (secondary N) is 1. The summed E-state index contributed by atoms with van der Waals surface area (Å²) in [5, 5.41) is 7.66. The van der Waals surface area contributed by atoms with Gasteiger partial charge in [-0.05, 0) is 39.3 Å². The minimum atomic E-state index is -3.09. The van der Waals surface area contributed by atoms with Crippen LogP contribution in [-0.2, 0) is 10.0 Å². The Hall–Kier alpha value is -0.920. The number of sulfonamides is 1. The van der Waals surface area contributed by atoms with Crippen molar-refractivity contribution in [3.05, 3.63) is 18.0 Å². The zero-order valence-corrected chi connectivity index (χ0v) is 13.8. The monoisotopic (exact) mass is 302 g/mol. The van der Waals surface area contributed by atoms with E-state index in [0.29, 0.717) is 13.0 Å². The molecule has 2 atom stereocenters. The molecule has 1 heterocycles. The van der Waals surface area contributed by atoms with E-state index >= 15 is 0 Å². The van der Waals surface area contributed by atoms with Gasteiger partial charge in [-0.2, -0.15) is 5.10 Å². The lowest BCUT2D eigenvalue weighted by molar-refractivity contribution is 0.366. The summed E-state index contributed by atoms with van der Waals surface area (Å²) in [4.78, 5) is 0. The smallest absolute Gasteiger partial charge is 0.213 e. The molecule has 1 aromatic rings. The van der Waals surface area contributed by atoms with Gasteiger partial charge >= 0.3 is 0 Å². The van der Waals surface area contributed by atoms with E-state index < -0.39 is 10.0 Å². The summed E-state index contributed by atoms with van der Waals surface area (Å²) in [6, 6.07) is 0.463. The van der Waals surface area contributed by atoms with Crippen molar-refractivity contribution in [2.75, 3.05) is 26.4 Å². The SMILES string of the molecule is Cc1cnn([C@H](C)[C@H](C)NCCCS(=O)(=O)N(C)C)c1. The summed E-state index contributed by atoms with van der Waals surface area (Å²) < 4.78 is 26.4. The Balaban J connectivity index is 2.35. The normalized spacial score (nSPS) is 15.5. The lowest BCUT2D eigenvalue weighted by Crippen LogP contribution is -2.35. The minimum Gasteiger partial charge on any atom is -0.312 e. The summed E-state index contributed by atoms with van der Waals surface area (Å²) in [5.41, 5.74) is 1.14. The molecule has 0 radical (unpaired) electrons. The molecular weight excluding hydrogens is 276 g/mol. The van der Waals surface area contributed by atoms with Gasteiger partial charge in [0, 0.05) is 26.3 Å². The maximum atomic E-state index is 11.6. The molecule has 0 aliphatic heterocycles. The molecule has 116 valence electrons. The van der Waals surface area contributed by atoms with Crippen LogP contribution in [-0.4, -0.2) is 54.9 Å². The van der Waals surface area contributed by atoms with E-state index in [1.54, 1.807) is 14.1 Å². The first-order chi connectivity index (χ1) is 9.24. The van der Waals surface area contributed by atoms with Gasteiger partial charge in [-0.1, -0.05) is 0 Å². The lowest BCUT2D eigenvalue weighted by Gasteiger charge is -2.22. The highest BCUT2D eigenvalue weighted by Gasteiger charge is 2.16. The average Bonchev–Trinajstić information content (AvgIpc) is 2.80. The van der Waals surface area contributed by atoms with E-state index in [1.165, 1.54) is 4.31 Å². The Morgan fingerprint density at radius 3 is 2.55 bits per heavy atom. The van der Waals surface area contributed by atoms with E-state index in [1.807, 2.05) is 24.0 Å². The first-order valence-electron chi connectivity index (χ1n) is 6.88. The van der Waals surface area contributed by atoms with Gasteiger partial charge in [0.15, 0.2) is 0 Å². The van der Waals surface area contributed by atoms with Crippen molar-refractivity contribution < 1.29 is 8.42 Å². The van der Waals surface area contributed by atoms with E-state index in [-0.39, 0.29) is 17.8 Å².